The normalized spacial score (nSPS) is 9.50. The van der Waals surface area contributed by atoms with Crippen LogP contribution in [0.1, 0.15) is 10.4 Å². The van der Waals surface area contributed by atoms with Gasteiger partial charge in [-0.3, -0.25) is 0 Å². The van der Waals surface area contributed by atoms with Crippen molar-refractivity contribution in [1.29, 1.82) is 0 Å². The smallest absolute Gasteiger partial charge is 0.339 e. The van der Waals surface area contributed by atoms with Crippen molar-refractivity contribution < 1.29 is 9.90 Å². The zero-order valence-electron chi connectivity index (χ0n) is 5.84. The van der Waals surface area contributed by atoms with E-state index in [1.54, 1.807) is 18.2 Å². The van der Waals surface area contributed by atoms with E-state index in [2.05, 4.69) is 3.53 Å². The number of nitrogens with one attached hydrogen (secondary N) is 1. The summed E-state index contributed by atoms with van der Waals surface area (Å²) in [5, 5.41) is 8.99. The molecule has 0 aliphatic carbocycles. The molecule has 12 heavy (non-hydrogen) atoms. The molecule has 0 aliphatic rings. The first-order chi connectivity index (χ1) is 5.66. The highest BCUT2D eigenvalue weighted by Gasteiger charge is 2.12. The first-order valence-electron chi connectivity index (χ1n) is 3.05. The van der Waals surface area contributed by atoms with Gasteiger partial charge in [-0.05, 0) is 12.1 Å². The summed E-state index contributed by atoms with van der Waals surface area (Å²) in [6.45, 7) is 0. The van der Waals surface area contributed by atoms with Crippen molar-refractivity contribution >= 4 is 46.1 Å². The van der Waals surface area contributed by atoms with Crippen molar-refractivity contribution in [2.75, 3.05) is 3.53 Å². The largest absolute Gasteiger partial charge is 0.478 e. The Morgan fingerprint density at radius 2 is 2.25 bits per heavy atom. The molecule has 0 heterocycles. The van der Waals surface area contributed by atoms with Gasteiger partial charge in [-0.15, -0.1) is 0 Å². The molecule has 3 nitrogen and oxygen atoms in total. The van der Waals surface area contributed by atoms with E-state index in [1.807, 2.05) is 22.9 Å². The number of anilines is 1. The zero-order valence-corrected chi connectivity index (χ0v) is 8.76. The average molecular weight is 297 g/mol. The molecule has 0 aliphatic heterocycles. The standard InChI is InChI=1S/C7H5ClINO2/c8-4-2-1-3-5(10-9)6(4)7(11)12/h1-3,10H,(H,11,12). The molecule has 0 saturated heterocycles. The molecule has 0 saturated carbocycles. The van der Waals surface area contributed by atoms with Crippen LogP contribution in [0, 0.1) is 0 Å². The number of halogens is 2. The molecule has 0 unspecified atom stereocenters. The lowest BCUT2D eigenvalue weighted by molar-refractivity contribution is 0.0698. The summed E-state index contributed by atoms with van der Waals surface area (Å²) >= 11 is 7.54. The third kappa shape index (κ3) is 1.81. The maximum atomic E-state index is 10.7. The summed E-state index contributed by atoms with van der Waals surface area (Å²) in [6.07, 6.45) is 0. The molecule has 0 fully saturated rings. The lowest BCUT2D eigenvalue weighted by Gasteiger charge is -2.04. The van der Waals surface area contributed by atoms with E-state index in [0.717, 1.165) is 0 Å². The Kier molecular flexibility index (Phi) is 3.16. The topological polar surface area (TPSA) is 49.3 Å². The minimum atomic E-state index is -1.03. The Morgan fingerprint density at radius 3 is 2.67 bits per heavy atom. The van der Waals surface area contributed by atoms with E-state index in [9.17, 15) is 4.79 Å². The first-order valence-corrected chi connectivity index (χ1v) is 4.51. The Balaban J connectivity index is 3.29. The first kappa shape index (κ1) is 9.60. The highest BCUT2D eigenvalue weighted by atomic mass is 127. The van der Waals surface area contributed by atoms with E-state index in [-0.39, 0.29) is 10.6 Å². The molecule has 0 spiro atoms. The van der Waals surface area contributed by atoms with Gasteiger partial charge >= 0.3 is 5.97 Å². The van der Waals surface area contributed by atoms with Crippen LogP contribution in [0.2, 0.25) is 5.02 Å². The average Bonchev–Trinajstić information content (AvgIpc) is 2.03. The lowest BCUT2D eigenvalue weighted by atomic mass is 10.2. The third-order valence-corrected chi connectivity index (χ3v) is 2.23. The van der Waals surface area contributed by atoms with Crippen molar-refractivity contribution in [3.63, 3.8) is 0 Å². The van der Waals surface area contributed by atoms with Crippen molar-refractivity contribution in [3.05, 3.63) is 28.8 Å². The van der Waals surface area contributed by atoms with E-state index in [0.29, 0.717) is 5.69 Å². The predicted octanol–water partition coefficient (Wildman–Crippen LogP) is 2.80. The summed E-state index contributed by atoms with van der Waals surface area (Å²) in [7, 11) is 0. The monoisotopic (exact) mass is 297 g/mol. The number of rotatable bonds is 2. The number of hydrogen-bond acceptors (Lipinski definition) is 2. The highest BCUT2D eigenvalue weighted by molar-refractivity contribution is 14.1. The van der Waals surface area contributed by atoms with Crippen LogP contribution in [0.5, 0.6) is 0 Å². The lowest BCUT2D eigenvalue weighted by Crippen LogP contribution is -2.00. The van der Waals surface area contributed by atoms with E-state index < -0.39 is 5.97 Å². The number of aromatic carboxylic acids is 1. The maximum Gasteiger partial charge on any atom is 0.339 e. The number of hydrogen-bond donors (Lipinski definition) is 2. The molecule has 64 valence electrons. The number of carboxylic acids is 1. The van der Waals surface area contributed by atoms with E-state index in [1.165, 1.54) is 0 Å². The molecule has 1 aromatic carbocycles. The third-order valence-electron chi connectivity index (χ3n) is 1.33. The van der Waals surface area contributed by atoms with E-state index in [4.69, 9.17) is 16.7 Å². The minimum absolute atomic E-state index is 0.105. The van der Waals surface area contributed by atoms with Crippen LogP contribution in [0.4, 0.5) is 5.69 Å². The van der Waals surface area contributed by atoms with Gasteiger partial charge in [0.2, 0.25) is 0 Å². The Morgan fingerprint density at radius 1 is 1.58 bits per heavy atom. The molecule has 0 radical (unpaired) electrons. The van der Waals surface area contributed by atoms with Crippen LogP contribution in [0.15, 0.2) is 18.2 Å². The molecule has 0 aromatic heterocycles. The molecule has 1 rings (SSSR count). The second-order valence-corrected chi connectivity index (χ2v) is 3.01. The van der Waals surface area contributed by atoms with Gasteiger partial charge in [0, 0.05) is 0 Å². The summed E-state index contributed by atoms with van der Waals surface area (Å²) in [4.78, 5) is 10.7. The summed E-state index contributed by atoms with van der Waals surface area (Å²) in [5.74, 6) is -1.03. The SMILES string of the molecule is O=C(O)c1c(Cl)cccc1NI. The van der Waals surface area contributed by atoms with Crippen LogP contribution >= 0.6 is 34.5 Å². The van der Waals surface area contributed by atoms with Crippen LogP contribution in [0.25, 0.3) is 0 Å². The predicted molar refractivity (Wildman–Crippen MR) is 56.1 cm³/mol. The molecule has 2 N–H and O–H groups in total. The summed E-state index contributed by atoms with van der Waals surface area (Å²) in [6, 6.07) is 4.89. The molecule has 0 atom stereocenters. The van der Waals surface area contributed by atoms with E-state index >= 15 is 0 Å². The van der Waals surface area contributed by atoms with Crippen LogP contribution in [0.3, 0.4) is 0 Å². The van der Waals surface area contributed by atoms with Gasteiger partial charge < -0.3 is 8.64 Å². The van der Waals surface area contributed by atoms with Crippen molar-refractivity contribution in [1.82, 2.24) is 0 Å². The fraction of sp³-hybridized carbons (Fsp3) is 0. The Hall–Kier alpha value is -0.490. The van der Waals surface area contributed by atoms with Gasteiger partial charge in [-0.1, -0.05) is 17.7 Å². The van der Waals surface area contributed by atoms with Gasteiger partial charge in [0.25, 0.3) is 0 Å². The quantitative estimate of drug-likeness (QED) is 0.652. The van der Waals surface area contributed by atoms with Crippen LogP contribution in [-0.2, 0) is 0 Å². The fourth-order valence-electron chi connectivity index (χ4n) is 0.820. The molecule has 0 bridgehead atoms. The molecule has 5 heteroatoms. The molecular formula is C7H5ClINO2. The van der Waals surface area contributed by atoms with Gasteiger partial charge in [-0.25, -0.2) is 4.79 Å². The van der Waals surface area contributed by atoms with Gasteiger partial charge in [-0.2, -0.15) is 0 Å². The second kappa shape index (κ2) is 3.95. The Bertz CT molecular complexity index is 316. The van der Waals surface area contributed by atoms with Gasteiger partial charge in [0.15, 0.2) is 0 Å². The van der Waals surface area contributed by atoms with Crippen LogP contribution < -0.4 is 3.53 Å². The number of carbonyl (C=O) groups is 1. The van der Waals surface area contributed by atoms with Crippen molar-refractivity contribution in [2.45, 2.75) is 0 Å². The van der Waals surface area contributed by atoms with Crippen LogP contribution in [-0.4, -0.2) is 11.1 Å². The van der Waals surface area contributed by atoms with Crippen molar-refractivity contribution in [2.24, 2.45) is 0 Å². The fourth-order valence-corrected chi connectivity index (χ4v) is 1.53. The number of benzene rings is 1. The summed E-state index contributed by atoms with van der Waals surface area (Å²) < 4.78 is 2.72. The molecular weight excluding hydrogens is 292 g/mol. The molecule has 1 aromatic rings. The minimum Gasteiger partial charge on any atom is -0.478 e. The van der Waals surface area contributed by atoms with Gasteiger partial charge in [0.1, 0.15) is 5.56 Å². The van der Waals surface area contributed by atoms with Gasteiger partial charge in [0.05, 0.1) is 33.6 Å². The maximum absolute atomic E-state index is 10.7. The number of carboxylic acid groups (broad SMARTS) is 1. The zero-order chi connectivity index (χ0) is 9.14. The Labute approximate surface area is 88.2 Å². The summed E-state index contributed by atoms with van der Waals surface area (Å²) in [5.41, 5.74) is 0.615. The molecule has 0 amide bonds. The van der Waals surface area contributed by atoms with Crippen molar-refractivity contribution in [3.8, 4) is 0 Å². The second-order valence-electron chi connectivity index (χ2n) is 2.06. The highest BCUT2D eigenvalue weighted by Crippen LogP contribution is 2.24.